The van der Waals surface area contributed by atoms with Crippen LogP contribution in [-0.4, -0.2) is 27.9 Å². The van der Waals surface area contributed by atoms with Crippen LogP contribution in [0.15, 0.2) is 0 Å². The second kappa shape index (κ2) is 4.77. The highest BCUT2D eigenvalue weighted by Crippen LogP contribution is 2.35. The monoisotopic (exact) mass is 235 g/mol. The zero-order valence-corrected chi connectivity index (χ0v) is 10.5. The van der Waals surface area contributed by atoms with Crippen molar-refractivity contribution in [2.75, 3.05) is 6.61 Å². The Labute approximate surface area is 102 Å². The molecule has 2 unspecified atom stereocenters. The predicted octanol–water partition coefficient (Wildman–Crippen LogP) is 2.74. The zero-order chi connectivity index (χ0) is 11.7. The number of aromatic amines is 1. The summed E-state index contributed by atoms with van der Waals surface area (Å²) < 4.78 is 5.72. The molecule has 4 heteroatoms. The van der Waals surface area contributed by atoms with Gasteiger partial charge in [-0.25, -0.2) is 4.98 Å². The van der Waals surface area contributed by atoms with E-state index < -0.39 is 0 Å². The molecule has 1 aliphatic heterocycles. The maximum atomic E-state index is 5.72. The minimum Gasteiger partial charge on any atom is -0.377 e. The van der Waals surface area contributed by atoms with Crippen LogP contribution in [0.2, 0.25) is 0 Å². The van der Waals surface area contributed by atoms with Crippen LogP contribution in [0.4, 0.5) is 0 Å². The smallest absolute Gasteiger partial charge is 0.153 e. The average molecular weight is 235 g/mol. The molecule has 94 valence electrons. The number of aromatic nitrogens is 3. The van der Waals surface area contributed by atoms with Gasteiger partial charge in [0.15, 0.2) is 5.82 Å². The van der Waals surface area contributed by atoms with Gasteiger partial charge in [-0.2, -0.15) is 5.10 Å². The van der Waals surface area contributed by atoms with Gasteiger partial charge in [0.05, 0.1) is 6.10 Å². The summed E-state index contributed by atoms with van der Waals surface area (Å²) in [5.74, 6) is 3.13. The lowest BCUT2D eigenvalue weighted by molar-refractivity contribution is 0.0994. The third kappa shape index (κ3) is 2.10. The maximum Gasteiger partial charge on any atom is 0.153 e. The SMILES string of the molecule is CCC1OCCC1c1nc(C2CCCC2)n[nH]1. The summed E-state index contributed by atoms with van der Waals surface area (Å²) in [5, 5.41) is 7.57. The summed E-state index contributed by atoms with van der Waals surface area (Å²) >= 11 is 0. The van der Waals surface area contributed by atoms with Gasteiger partial charge in [0.25, 0.3) is 0 Å². The van der Waals surface area contributed by atoms with Crippen LogP contribution in [0.1, 0.15) is 68.9 Å². The molecule has 1 saturated carbocycles. The minimum absolute atomic E-state index is 0.333. The Morgan fingerprint density at radius 3 is 2.88 bits per heavy atom. The van der Waals surface area contributed by atoms with E-state index in [2.05, 4.69) is 17.1 Å². The Kier molecular flexibility index (Phi) is 3.14. The Bertz CT molecular complexity index is 370. The summed E-state index contributed by atoms with van der Waals surface area (Å²) in [5.41, 5.74) is 0. The van der Waals surface area contributed by atoms with Crippen LogP contribution < -0.4 is 0 Å². The molecule has 4 nitrogen and oxygen atoms in total. The Morgan fingerprint density at radius 2 is 2.12 bits per heavy atom. The average Bonchev–Trinajstić information content (AvgIpc) is 3.09. The summed E-state index contributed by atoms with van der Waals surface area (Å²) in [4.78, 5) is 4.73. The quantitative estimate of drug-likeness (QED) is 0.876. The van der Waals surface area contributed by atoms with Crippen LogP contribution >= 0.6 is 0 Å². The Morgan fingerprint density at radius 1 is 1.29 bits per heavy atom. The summed E-state index contributed by atoms with van der Waals surface area (Å²) in [6.07, 6.45) is 7.66. The molecule has 2 aliphatic rings. The molecule has 0 amide bonds. The molecule has 2 atom stereocenters. The largest absolute Gasteiger partial charge is 0.377 e. The Balaban J connectivity index is 1.75. The zero-order valence-electron chi connectivity index (χ0n) is 10.5. The van der Waals surface area contributed by atoms with Crippen molar-refractivity contribution in [3.63, 3.8) is 0 Å². The van der Waals surface area contributed by atoms with Crippen molar-refractivity contribution < 1.29 is 4.74 Å². The summed E-state index contributed by atoms with van der Waals surface area (Å²) in [6, 6.07) is 0. The summed E-state index contributed by atoms with van der Waals surface area (Å²) in [6.45, 7) is 3.04. The van der Waals surface area contributed by atoms with E-state index in [0.717, 1.165) is 31.1 Å². The number of nitrogens with zero attached hydrogens (tertiary/aromatic N) is 2. The molecule has 0 spiro atoms. The standard InChI is InChI=1S/C13H21N3O/c1-2-11-10(7-8-17-11)13-14-12(15-16-13)9-5-3-4-6-9/h9-11H,2-8H2,1H3,(H,14,15,16). The molecule has 1 aromatic rings. The van der Waals surface area contributed by atoms with Crippen molar-refractivity contribution in [3.05, 3.63) is 11.6 Å². The number of hydrogen-bond acceptors (Lipinski definition) is 3. The molecule has 2 fully saturated rings. The van der Waals surface area contributed by atoms with Crippen LogP contribution in [0, 0.1) is 0 Å². The van der Waals surface area contributed by atoms with Crippen molar-refractivity contribution in [1.82, 2.24) is 15.2 Å². The third-order valence-corrected chi connectivity index (χ3v) is 4.20. The van der Waals surface area contributed by atoms with Gasteiger partial charge in [-0.1, -0.05) is 19.8 Å². The molecular formula is C13H21N3O. The van der Waals surface area contributed by atoms with Gasteiger partial charge >= 0.3 is 0 Å². The fraction of sp³-hybridized carbons (Fsp3) is 0.846. The van der Waals surface area contributed by atoms with E-state index in [1.54, 1.807) is 0 Å². The molecule has 1 aliphatic carbocycles. The van der Waals surface area contributed by atoms with Gasteiger partial charge in [0, 0.05) is 18.4 Å². The van der Waals surface area contributed by atoms with Crippen LogP contribution in [0.3, 0.4) is 0 Å². The maximum absolute atomic E-state index is 5.72. The Hall–Kier alpha value is -0.900. The van der Waals surface area contributed by atoms with Crippen LogP contribution in [0.25, 0.3) is 0 Å². The van der Waals surface area contributed by atoms with Gasteiger partial charge in [-0.15, -0.1) is 0 Å². The molecule has 2 heterocycles. The molecule has 1 N–H and O–H groups in total. The topological polar surface area (TPSA) is 50.8 Å². The normalized spacial score (nSPS) is 30.2. The highest BCUT2D eigenvalue weighted by atomic mass is 16.5. The second-order valence-corrected chi connectivity index (χ2v) is 5.27. The van der Waals surface area contributed by atoms with Crippen LogP contribution in [0.5, 0.6) is 0 Å². The van der Waals surface area contributed by atoms with Gasteiger partial charge in [-0.3, -0.25) is 5.10 Å². The number of ether oxygens (including phenoxy) is 1. The third-order valence-electron chi connectivity index (χ3n) is 4.20. The van der Waals surface area contributed by atoms with Gasteiger partial charge in [0.2, 0.25) is 0 Å². The van der Waals surface area contributed by atoms with Crippen molar-refractivity contribution in [2.45, 2.75) is 63.4 Å². The highest BCUT2D eigenvalue weighted by Gasteiger charge is 2.31. The summed E-state index contributed by atoms with van der Waals surface area (Å²) in [7, 11) is 0. The first-order chi connectivity index (χ1) is 8.38. The molecule has 0 bridgehead atoms. The first kappa shape index (κ1) is 11.2. The second-order valence-electron chi connectivity index (χ2n) is 5.27. The molecule has 17 heavy (non-hydrogen) atoms. The van der Waals surface area contributed by atoms with Crippen molar-refractivity contribution in [2.24, 2.45) is 0 Å². The van der Waals surface area contributed by atoms with Gasteiger partial charge in [0.1, 0.15) is 5.82 Å². The van der Waals surface area contributed by atoms with Gasteiger partial charge in [-0.05, 0) is 25.7 Å². The number of H-pyrrole nitrogens is 1. The predicted molar refractivity (Wildman–Crippen MR) is 65.0 cm³/mol. The lowest BCUT2D eigenvalue weighted by Crippen LogP contribution is -2.14. The number of rotatable bonds is 3. The van der Waals surface area contributed by atoms with Crippen molar-refractivity contribution in [1.29, 1.82) is 0 Å². The van der Waals surface area contributed by atoms with Crippen LogP contribution in [-0.2, 0) is 4.74 Å². The van der Waals surface area contributed by atoms with Gasteiger partial charge < -0.3 is 4.74 Å². The molecule has 0 aromatic carbocycles. The number of nitrogens with one attached hydrogen (secondary N) is 1. The lowest BCUT2D eigenvalue weighted by Gasteiger charge is -2.13. The van der Waals surface area contributed by atoms with E-state index >= 15 is 0 Å². The minimum atomic E-state index is 0.333. The van der Waals surface area contributed by atoms with E-state index in [0.29, 0.717) is 17.9 Å². The number of hydrogen-bond donors (Lipinski definition) is 1. The lowest BCUT2D eigenvalue weighted by atomic mass is 9.99. The van der Waals surface area contributed by atoms with E-state index in [1.165, 1.54) is 25.7 Å². The van der Waals surface area contributed by atoms with Crippen molar-refractivity contribution in [3.8, 4) is 0 Å². The van der Waals surface area contributed by atoms with E-state index in [-0.39, 0.29) is 0 Å². The molecule has 1 saturated heterocycles. The first-order valence-electron chi connectivity index (χ1n) is 6.92. The van der Waals surface area contributed by atoms with E-state index in [1.807, 2.05) is 0 Å². The van der Waals surface area contributed by atoms with E-state index in [4.69, 9.17) is 9.72 Å². The van der Waals surface area contributed by atoms with E-state index in [9.17, 15) is 0 Å². The van der Waals surface area contributed by atoms with Crippen molar-refractivity contribution >= 4 is 0 Å². The molecule has 1 aromatic heterocycles. The first-order valence-corrected chi connectivity index (χ1v) is 6.92. The molecular weight excluding hydrogens is 214 g/mol. The fourth-order valence-electron chi connectivity index (χ4n) is 3.18. The molecule has 3 rings (SSSR count). The fourth-order valence-corrected chi connectivity index (χ4v) is 3.18. The highest BCUT2D eigenvalue weighted by molar-refractivity contribution is 5.06. The molecule has 0 radical (unpaired) electrons.